The molecule has 5 nitrogen and oxygen atoms in total. The van der Waals surface area contributed by atoms with Crippen molar-refractivity contribution < 1.29 is 27.9 Å². The molecule has 1 aliphatic rings. The molecular formula is C13H13F3N2O3. The Morgan fingerprint density at radius 1 is 1.43 bits per heavy atom. The summed E-state index contributed by atoms with van der Waals surface area (Å²) in [6, 6.07) is 8.99. The SMILES string of the molecule is O=C(NCC(O)C(F)(F)F)C1CC(c2ccccc2)=NO1. The van der Waals surface area contributed by atoms with Gasteiger partial charge >= 0.3 is 6.18 Å². The molecule has 21 heavy (non-hydrogen) atoms. The minimum absolute atomic E-state index is 0.165. The van der Waals surface area contributed by atoms with Gasteiger partial charge in [0.05, 0.1) is 12.3 Å². The fraction of sp³-hybridized carbons (Fsp3) is 0.385. The van der Waals surface area contributed by atoms with Gasteiger partial charge in [0.25, 0.3) is 5.91 Å². The van der Waals surface area contributed by atoms with Crippen LogP contribution in [0.3, 0.4) is 0 Å². The molecule has 2 unspecified atom stereocenters. The van der Waals surface area contributed by atoms with Crippen LogP contribution in [0.1, 0.15) is 12.0 Å². The second kappa shape index (κ2) is 6.13. The second-order valence-electron chi connectivity index (χ2n) is 4.50. The smallest absolute Gasteiger partial charge is 0.382 e. The topological polar surface area (TPSA) is 70.9 Å². The van der Waals surface area contributed by atoms with Gasteiger partial charge in [-0.2, -0.15) is 13.2 Å². The van der Waals surface area contributed by atoms with Crippen molar-refractivity contribution in [3.8, 4) is 0 Å². The van der Waals surface area contributed by atoms with Crippen LogP contribution in [0.4, 0.5) is 13.2 Å². The van der Waals surface area contributed by atoms with Gasteiger partial charge < -0.3 is 15.3 Å². The second-order valence-corrected chi connectivity index (χ2v) is 4.50. The maximum atomic E-state index is 12.1. The molecular weight excluding hydrogens is 289 g/mol. The van der Waals surface area contributed by atoms with E-state index in [0.717, 1.165) is 5.56 Å². The Bertz CT molecular complexity index is 531. The van der Waals surface area contributed by atoms with Crippen LogP contribution in [0.25, 0.3) is 0 Å². The highest BCUT2D eigenvalue weighted by molar-refractivity contribution is 6.04. The van der Waals surface area contributed by atoms with Crippen molar-refractivity contribution >= 4 is 11.6 Å². The number of alkyl halides is 3. The lowest BCUT2D eigenvalue weighted by Crippen LogP contribution is -2.44. The Kier molecular flexibility index (Phi) is 4.46. The number of carbonyl (C=O) groups is 1. The van der Waals surface area contributed by atoms with Crippen LogP contribution in [0, 0.1) is 0 Å². The quantitative estimate of drug-likeness (QED) is 0.878. The van der Waals surface area contributed by atoms with Gasteiger partial charge in [0.15, 0.2) is 6.10 Å². The molecule has 2 N–H and O–H groups in total. The molecule has 0 saturated carbocycles. The summed E-state index contributed by atoms with van der Waals surface area (Å²) in [6.07, 6.45) is -8.19. The van der Waals surface area contributed by atoms with Gasteiger partial charge in [0, 0.05) is 6.42 Å². The summed E-state index contributed by atoms with van der Waals surface area (Å²) in [4.78, 5) is 16.6. The van der Waals surface area contributed by atoms with Crippen molar-refractivity contribution in [3.63, 3.8) is 0 Å². The van der Waals surface area contributed by atoms with Gasteiger partial charge in [-0.25, -0.2) is 0 Å². The van der Waals surface area contributed by atoms with Crippen LogP contribution in [0.2, 0.25) is 0 Å². The average molecular weight is 302 g/mol. The Balaban J connectivity index is 1.84. The molecule has 0 aromatic heterocycles. The molecule has 0 spiro atoms. The highest BCUT2D eigenvalue weighted by Gasteiger charge is 2.39. The van der Waals surface area contributed by atoms with Crippen molar-refractivity contribution in [2.75, 3.05) is 6.54 Å². The maximum Gasteiger partial charge on any atom is 0.416 e. The number of amides is 1. The fourth-order valence-electron chi connectivity index (χ4n) is 1.75. The standard InChI is InChI=1S/C13H13F3N2O3/c14-13(15,16)11(19)7-17-12(20)10-6-9(18-21-10)8-4-2-1-3-5-8/h1-5,10-11,19H,6-7H2,(H,17,20). The molecule has 0 fully saturated rings. The maximum absolute atomic E-state index is 12.1. The van der Waals surface area contributed by atoms with Gasteiger partial charge in [-0.3, -0.25) is 4.79 Å². The average Bonchev–Trinajstić information content (AvgIpc) is 2.94. The monoisotopic (exact) mass is 302 g/mol. The number of aliphatic hydroxyl groups excluding tert-OH is 1. The van der Waals surface area contributed by atoms with E-state index in [-0.39, 0.29) is 6.42 Å². The molecule has 1 heterocycles. The third kappa shape index (κ3) is 3.94. The third-order valence-electron chi connectivity index (χ3n) is 2.92. The fourth-order valence-corrected chi connectivity index (χ4v) is 1.75. The van der Waals surface area contributed by atoms with Gasteiger partial charge in [0.2, 0.25) is 6.10 Å². The van der Waals surface area contributed by atoms with Gasteiger partial charge in [0.1, 0.15) is 0 Å². The number of hydrogen-bond donors (Lipinski definition) is 2. The first-order valence-electron chi connectivity index (χ1n) is 6.18. The van der Waals surface area contributed by atoms with Gasteiger partial charge in [-0.05, 0) is 5.56 Å². The van der Waals surface area contributed by atoms with E-state index in [1.165, 1.54) is 0 Å². The first-order valence-corrected chi connectivity index (χ1v) is 6.18. The number of nitrogens with one attached hydrogen (secondary N) is 1. The molecule has 1 aromatic carbocycles. The number of oxime groups is 1. The third-order valence-corrected chi connectivity index (χ3v) is 2.92. The molecule has 1 aliphatic heterocycles. The number of halogens is 3. The summed E-state index contributed by atoms with van der Waals surface area (Å²) in [7, 11) is 0. The predicted octanol–water partition coefficient (Wildman–Crippen LogP) is 1.22. The number of benzene rings is 1. The molecule has 2 rings (SSSR count). The molecule has 0 aliphatic carbocycles. The summed E-state index contributed by atoms with van der Waals surface area (Å²) in [5.74, 6) is -0.743. The van der Waals surface area contributed by atoms with E-state index >= 15 is 0 Å². The summed E-state index contributed by atoms with van der Waals surface area (Å²) in [5.41, 5.74) is 1.33. The first-order chi connectivity index (χ1) is 9.88. The van der Waals surface area contributed by atoms with E-state index in [1.54, 1.807) is 24.3 Å². The van der Waals surface area contributed by atoms with Crippen LogP contribution in [-0.2, 0) is 9.63 Å². The largest absolute Gasteiger partial charge is 0.416 e. The van der Waals surface area contributed by atoms with E-state index in [9.17, 15) is 18.0 Å². The number of carbonyl (C=O) groups excluding carboxylic acids is 1. The van der Waals surface area contributed by atoms with E-state index in [4.69, 9.17) is 9.94 Å². The van der Waals surface area contributed by atoms with Crippen molar-refractivity contribution in [2.24, 2.45) is 5.16 Å². The first kappa shape index (κ1) is 15.3. The molecule has 1 aromatic rings. The molecule has 0 radical (unpaired) electrons. The van der Waals surface area contributed by atoms with Gasteiger partial charge in [-0.1, -0.05) is 35.5 Å². The van der Waals surface area contributed by atoms with Crippen LogP contribution in [-0.4, -0.2) is 41.7 Å². The highest BCUT2D eigenvalue weighted by Crippen LogP contribution is 2.20. The normalized spacial score (nSPS) is 19.6. The summed E-state index contributed by atoms with van der Waals surface area (Å²) in [6.45, 7) is -0.914. The van der Waals surface area contributed by atoms with Crippen molar-refractivity contribution in [2.45, 2.75) is 24.8 Å². The Labute approximate surface area is 118 Å². The van der Waals surface area contributed by atoms with Crippen molar-refractivity contribution in [3.05, 3.63) is 35.9 Å². The van der Waals surface area contributed by atoms with E-state index in [1.807, 2.05) is 11.4 Å². The lowest BCUT2D eigenvalue weighted by molar-refractivity contribution is -0.202. The van der Waals surface area contributed by atoms with Crippen molar-refractivity contribution in [1.82, 2.24) is 5.32 Å². The highest BCUT2D eigenvalue weighted by atomic mass is 19.4. The molecule has 0 bridgehead atoms. The minimum atomic E-state index is -4.77. The lowest BCUT2D eigenvalue weighted by Gasteiger charge is -2.16. The number of aliphatic hydroxyl groups is 1. The molecule has 114 valence electrons. The van der Waals surface area contributed by atoms with Crippen LogP contribution in [0.5, 0.6) is 0 Å². The lowest BCUT2D eigenvalue weighted by atomic mass is 10.0. The van der Waals surface area contributed by atoms with Crippen LogP contribution >= 0.6 is 0 Å². The number of nitrogens with zero attached hydrogens (tertiary/aromatic N) is 1. The summed E-state index contributed by atoms with van der Waals surface area (Å²) >= 11 is 0. The number of rotatable bonds is 4. The zero-order valence-electron chi connectivity index (χ0n) is 10.8. The molecule has 8 heteroatoms. The predicted molar refractivity (Wildman–Crippen MR) is 67.5 cm³/mol. The van der Waals surface area contributed by atoms with Crippen molar-refractivity contribution in [1.29, 1.82) is 0 Å². The van der Waals surface area contributed by atoms with Crippen LogP contribution < -0.4 is 5.32 Å². The van der Waals surface area contributed by atoms with E-state index in [0.29, 0.717) is 5.71 Å². The van der Waals surface area contributed by atoms with Crippen LogP contribution in [0.15, 0.2) is 35.5 Å². The Hall–Kier alpha value is -2.09. The Morgan fingerprint density at radius 2 is 2.10 bits per heavy atom. The Morgan fingerprint density at radius 3 is 2.71 bits per heavy atom. The van der Waals surface area contributed by atoms with E-state index in [2.05, 4.69) is 5.16 Å². The van der Waals surface area contributed by atoms with Gasteiger partial charge in [-0.15, -0.1) is 0 Å². The summed E-state index contributed by atoms with van der Waals surface area (Å²) in [5, 5.41) is 14.5. The summed E-state index contributed by atoms with van der Waals surface area (Å²) < 4.78 is 36.3. The molecule has 2 atom stereocenters. The zero-order valence-corrected chi connectivity index (χ0v) is 10.8. The minimum Gasteiger partial charge on any atom is -0.382 e. The molecule has 1 amide bonds. The van der Waals surface area contributed by atoms with E-state index < -0.39 is 30.8 Å². The molecule has 0 saturated heterocycles. The zero-order chi connectivity index (χ0) is 15.5. The number of hydrogen-bond acceptors (Lipinski definition) is 4.